The van der Waals surface area contributed by atoms with Crippen molar-refractivity contribution in [2.75, 3.05) is 18.5 Å². The van der Waals surface area contributed by atoms with Gasteiger partial charge in [-0.3, -0.25) is 14.9 Å². The van der Waals surface area contributed by atoms with Gasteiger partial charge in [-0.2, -0.15) is 0 Å². The number of fused-ring (bicyclic) bond motifs is 1. The highest BCUT2D eigenvalue weighted by Gasteiger charge is 2.13. The molecule has 0 fully saturated rings. The first kappa shape index (κ1) is 20.3. The van der Waals surface area contributed by atoms with E-state index in [0.717, 1.165) is 10.8 Å². The van der Waals surface area contributed by atoms with Crippen molar-refractivity contribution in [3.05, 3.63) is 75.3 Å². The van der Waals surface area contributed by atoms with Gasteiger partial charge in [-0.15, -0.1) is 0 Å². The van der Waals surface area contributed by atoms with Crippen LogP contribution in [0.25, 0.3) is 10.8 Å². The molecule has 148 valence electrons. The monoisotopic (exact) mass is 458 g/mol. The molecule has 0 heterocycles. The molecule has 1 N–H and O–H groups in total. The molecule has 29 heavy (non-hydrogen) atoms. The molecule has 8 nitrogen and oxygen atoms in total. The van der Waals surface area contributed by atoms with Crippen LogP contribution >= 0.6 is 15.9 Å². The number of anilines is 1. The van der Waals surface area contributed by atoms with Crippen LogP contribution in [0.1, 0.15) is 0 Å². The van der Waals surface area contributed by atoms with Gasteiger partial charge in [-0.05, 0) is 44.9 Å². The molecule has 0 bridgehead atoms. The third-order valence-electron chi connectivity index (χ3n) is 3.88. The van der Waals surface area contributed by atoms with Gasteiger partial charge in [-0.25, -0.2) is 4.79 Å². The van der Waals surface area contributed by atoms with Crippen LogP contribution in [-0.4, -0.2) is 30.0 Å². The number of ether oxygens (including phenoxy) is 2. The number of halogens is 1. The third-order valence-corrected chi connectivity index (χ3v) is 4.54. The van der Waals surface area contributed by atoms with Crippen molar-refractivity contribution in [3.8, 4) is 5.75 Å². The molecule has 0 spiro atoms. The molecule has 0 saturated heterocycles. The average Bonchev–Trinajstić information content (AvgIpc) is 2.72. The molecule has 9 heteroatoms. The maximum Gasteiger partial charge on any atom is 0.344 e. The fourth-order valence-electron chi connectivity index (χ4n) is 2.49. The molecule has 3 aromatic rings. The molecule has 0 aromatic heterocycles. The molecule has 3 rings (SSSR count). The zero-order chi connectivity index (χ0) is 20.8. The standard InChI is InChI=1S/C20H15BrN2O6/c21-17-10-15(23(26)27)6-8-18(17)22-19(24)11-29-20(25)12-28-16-7-5-13-3-1-2-4-14(13)9-16/h1-10H,11-12H2,(H,22,24). The number of hydrogen-bond acceptors (Lipinski definition) is 6. The van der Waals surface area contributed by atoms with Crippen molar-refractivity contribution >= 4 is 50.0 Å². The van der Waals surface area contributed by atoms with Crippen LogP contribution < -0.4 is 10.1 Å². The summed E-state index contributed by atoms with van der Waals surface area (Å²) in [5.74, 6) is -0.769. The van der Waals surface area contributed by atoms with Crippen molar-refractivity contribution in [1.82, 2.24) is 0 Å². The highest BCUT2D eigenvalue weighted by molar-refractivity contribution is 9.10. The summed E-state index contributed by atoms with van der Waals surface area (Å²) in [6.45, 7) is -0.851. The van der Waals surface area contributed by atoms with Gasteiger partial charge in [0.1, 0.15) is 5.75 Å². The molecule has 0 aliphatic rings. The fourth-order valence-corrected chi connectivity index (χ4v) is 2.96. The zero-order valence-electron chi connectivity index (χ0n) is 15.0. The predicted octanol–water partition coefficient (Wildman–Crippen LogP) is 4.07. The van der Waals surface area contributed by atoms with Gasteiger partial charge in [-0.1, -0.05) is 30.3 Å². The maximum atomic E-state index is 11.9. The number of benzene rings is 3. The second kappa shape index (κ2) is 9.16. The van der Waals surface area contributed by atoms with Crippen LogP contribution in [0.15, 0.2) is 65.1 Å². The normalized spacial score (nSPS) is 10.4. The molecule has 0 unspecified atom stereocenters. The number of nitrogens with one attached hydrogen (secondary N) is 1. The third kappa shape index (κ3) is 5.52. The molecule has 1 amide bonds. The Hall–Kier alpha value is -3.46. The zero-order valence-corrected chi connectivity index (χ0v) is 16.5. The molecule has 0 aliphatic carbocycles. The number of non-ortho nitro benzene ring substituents is 1. The van der Waals surface area contributed by atoms with E-state index in [1.807, 2.05) is 30.3 Å². The minimum absolute atomic E-state index is 0.118. The largest absolute Gasteiger partial charge is 0.482 e. The van der Waals surface area contributed by atoms with E-state index in [2.05, 4.69) is 21.2 Å². The van der Waals surface area contributed by atoms with E-state index in [1.54, 1.807) is 12.1 Å². The van der Waals surface area contributed by atoms with E-state index in [1.165, 1.54) is 18.2 Å². The lowest BCUT2D eigenvalue weighted by Gasteiger charge is -2.09. The number of amides is 1. The SMILES string of the molecule is O=C(COC(=O)COc1ccc2ccccc2c1)Nc1ccc([N+](=O)[O-])cc1Br. The second-order valence-electron chi connectivity index (χ2n) is 5.93. The van der Waals surface area contributed by atoms with Crippen LogP contribution in [0.4, 0.5) is 11.4 Å². The number of nitro groups is 1. The lowest BCUT2D eigenvalue weighted by atomic mass is 10.1. The number of rotatable bonds is 7. The summed E-state index contributed by atoms with van der Waals surface area (Å²) in [5, 5.41) is 15.3. The van der Waals surface area contributed by atoms with E-state index < -0.39 is 23.4 Å². The van der Waals surface area contributed by atoms with Gasteiger partial charge >= 0.3 is 5.97 Å². The lowest BCUT2D eigenvalue weighted by Crippen LogP contribution is -2.23. The molecule has 0 atom stereocenters. The summed E-state index contributed by atoms with van der Waals surface area (Å²) < 4.78 is 10.6. The second-order valence-corrected chi connectivity index (χ2v) is 6.78. The van der Waals surface area contributed by atoms with Crippen molar-refractivity contribution < 1.29 is 24.0 Å². The summed E-state index contributed by atoms with van der Waals surface area (Å²) in [6.07, 6.45) is 0. The van der Waals surface area contributed by atoms with Crippen LogP contribution in [-0.2, 0) is 14.3 Å². The van der Waals surface area contributed by atoms with Crippen molar-refractivity contribution in [1.29, 1.82) is 0 Å². The summed E-state index contributed by atoms with van der Waals surface area (Å²) in [5.41, 5.74) is 0.205. The Bertz CT molecular complexity index is 1090. The smallest absolute Gasteiger partial charge is 0.344 e. The van der Waals surface area contributed by atoms with Crippen LogP contribution in [0.5, 0.6) is 5.75 Å². The minimum Gasteiger partial charge on any atom is -0.482 e. The number of nitro benzene ring substituents is 1. The molecule has 0 aliphatic heterocycles. The topological polar surface area (TPSA) is 108 Å². The van der Waals surface area contributed by atoms with E-state index in [9.17, 15) is 19.7 Å². The Balaban J connectivity index is 1.47. The van der Waals surface area contributed by atoms with E-state index >= 15 is 0 Å². The van der Waals surface area contributed by atoms with Crippen molar-refractivity contribution in [2.24, 2.45) is 0 Å². The van der Waals surface area contributed by atoms with E-state index in [-0.39, 0.29) is 12.3 Å². The summed E-state index contributed by atoms with van der Waals surface area (Å²) in [4.78, 5) is 33.9. The lowest BCUT2D eigenvalue weighted by molar-refractivity contribution is -0.384. The molecular weight excluding hydrogens is 444 g/mol. The Labute approximate surface area is 173 Å². The Kier molecular flexibility index (Phi) is 6.40. The quantitative estimate of drug-likeness (QED) is 0.324. The maximum absolute atomic E-state index is 11.9. The Morgan fingerprint density at radius 1 is 1.00 bits per heavy atom. The summed E-state index contributed by atoms with van der Waals surface area (Å²) in [6, 6.07) is 17.1. The Morgan fingerprint density at radius 2 is 1.76 bits per heavy atom. The highest BCUT2D eigenvalue weighted by Crippen LogP contribution is 2.27. The average molecular weight is 459 g/mol. The van der Waals surface area contributed by atoms with Crippen molar-refractivity contribution in [2.45, 2.75) is 0 Å². The van der Waals surface area contributed by atoms with Gasteiger partial charge < -0.3 is 14.8 Å². The van der Waals surface area contributed by atoms with Gasteiger partial charge in [0, 0.05) is 16.6 Å². The Morgan fingerprint density at radius 3 is 2.48 bits per heavy atom. The first-order chi connectivity index (χ1) is 13.9. The van der Waals surface area contributed by atoms with Gasteiger partial charge in [0.15, 0.2) is 13.2 Å². The van der Waals surface area contributed by atoms with E-state index in [4.69, 9.17) is 9.47 Å². The highest BCUT2D eigenvalue weighted by atomic mass is 79.9. The molecular formula is C20H15BrN2O6. The summed E-state index contributed by atoms with van der Waals surface area (Å²) in [7, 11) is 0. The number of carbonyl (C=O) groups is 2. The van der Waals surface area contributed by atoms with Gasteiger partial charge in [0.25, 0.3) is 11.6 Å². The van der Waals surface area contributed by atoms with E-state index in [0.29, 0.717) is 15.9 Å². The fraction of sp³-hybridized carbons (Fsp3) is 0.100. The first-order valence-electron chi connectivity index (χ1n) is 8.43. The molecule has 0 radical (unpaired) electrons. The van der Waals surface area contributed by atoms with Crippen LogP contribution in [0.2, 0.25) is 0 Å². The van der Waals surface area contributed by atoms with Gasteiger partial charge in [0.05, 0.1) is 10.6 Å². The van der Waals surface area contributed by atoms with Crippen molar-refractivity contribution in [3.63, 3.8) is 0 Å². The first-order valence-corrected chi connectivity index (χ1v) is 9.23. The summed E-state index contributed by atoms with van der Waals surface area (Å²) >= 11 is 3.14. The number of nitrogens with zero attached hydrogens (tertiary/aromatic N) is 1. The minimum atomic E-state index is -0.698. The predicted molar refractivity (Wildman–Crippen MR) is 110 cm³/mol. The molecule has 3 aromatic carbocycles. The molecule has 0 saturated carbocycles. The number of esters is 1. The number of hydrogen-bond donors (Lipinski definition) is 1. The van der Waals surface area contributed by atoms with Crippen LogP contribution in [0, 0.1) is 10.1 Å². The van der Waals surface area contributed by atoms with Gasteiger partial charge in [0.2, 0.25) is 0 Å². The van der Waals surface area contributed by atoms with Crippen LogP contribution in [0.3, 0.4) is 0 Å². The number of carbonyl (C=O) groups excluding carboxylic acids is 2.